The first-order valence-corrected chi connectivity index (χ1v) is 3.26. The fourth-order valence-electron chi connectivity index (χ4n) is 0.201. The first-order chi connectivity index (χ1) is 3.18. The molecule has 0 saturated heterocycles. The highest BCUT2D eigenvalue weighted by atomic mass is 35.5. The van der Waals surface area contributed by atoms with E-state index in [0.29, 0.717) is 10.5 Å². The van der Waals surface area contributed by atoms with Crippen molar-refractivity contribution >= 4 is 22.1 Å². The summed E-state index contributed by atoms with van der Waals surface area (Å²) in [4.78, 5) is 0. The van der Waals surface area contributed by atoms with Crippen molar-refractivity contribution in [2.75, 3.05) is 0 Å². The number of hydrogen-bond acceptors (Lipinski definition) is 1. The van der Waals surface area contributed by atoms with Crippen molar-refractivity contribution in [1.82, 2.24) is 0 Å². The van der Waals surface area contributed by atoms with Crippen LogP contribution in [0.1, 0.15) is 6.92 Å². The zero-order chi connectivity index (χ0) is 5.86. The Morgan fingerprint density at radius 3 is 2.43 bits per heavy atom. The van der Waals surface area contributed by atoms with E-state index in [4.69, 9.17) is 16.0 Å². The zero-order valence-electron chi connectivity index (χ0n) is 4.57. The van der Waals surface area contributed by atoms with Crippen molar-refractivity contribution in [2.45, 2.75) is 12.5 Å². The molecule has 0 bridgehead atoms. The molecular weight excluding hydrogens is 128 g/mol. The Kier molecular flexibility index (Phi) is 3.34. The van der Waals surface area contributed by atoms with E-state index in [1.54, 1.807) is 0 Å². The summed E-state index contributed by atoms with van der Waals surface area (Å²) in [6, 6.07) is 0. The van der Waals surface area contributed by atoms with E-state index in [2.05, 4.69) is 6.58 Å². The second-order valence-corrected chi connectivity index (χ2v) is 2.27. The van der Waals surface area contributed by atoms with Crippen LogP contribution in [-0.2, 0) is 4.43 Å². The first kappa shape index (κ1) is 7.21. The minimum Gasteiger partial charge on any atom is -0.409 e. The smallest absolute Gasteiger partial charge is 0.148 e. The van der Waals surface area contributed by atoms with Gasteiger partial charge < -0.3 is 4.43 Å². The highest BCUT2D eigenvalue weighted by Gasteiger charge is 1.97. The normalized spacial score (nSPS) is 14.0. The molecule has 0 aromatic rings. The van der Waals surface area contributed by atoms with Gasteiger partial charge in [-0.2, -0.15) is 0 Å². The van der Waals surface area contributed by atoms with Crippen LogP contribution < -0.4 is 0 Å². The molecule has 1 unspecified atom stereocenters. The van der Waals surface area contributed by atoms with Crippen LogP contribution in [0.2, 0.25) is 0 Å². The summed E-state index contributed by atoms with van der Waals surface area (Å²) in [6.07, 6.45) is 0. The molecule has 0 rings (SSSR count). The molecule has 0 amide bonds. The van der Waals surface area contributed by atoms with E-state index in [1.165, 1.54) is 0 Å². The molecule has 0 aromatic heterocycles. The van der Waals surface area contributed by atoms with Gasteiger partial charge in [-0.25, -0.2) is 0 Å². The van der Waals surface area contributed by atoms with Crippen molar-refractivity contribution in [3.05, 3.63) is 12.2 Å². The van der Waals surface area contributed by atoms with Gasteiger partial charge in [0.25, 0.3) is 0 Å². The molecule has 0 saturated carbocycles. The average Bonchev–Trinajstić information content (AvgIpc) is 1.65. The monoisotopic (exact) mass is 136 g/mol. The number of alkyl halides is 1. The van der Waals surface area contributed by atoms with Crippen molar-refractivity contribution in [3.8, 4) is 0 Å². The van der Waals surface area contributed by atoms with Crippen LogP contribution in [0, 0.1) is 0 Å². The summed E-state index contributed by atoms with van der Waals surface area (Å²) < 4.78 is 4.82. The summed E-state index contributed by atoms with van der Waals surface area (Å²) >= 11 is 5.51. The average molecular weight is 137 g/mol. The quantitative estimate of drug-likeness (QED) is 0.304. The van der Waals surface area contributed by atoms with Crippen LogP contribution in [0.4, 0.5) is 0 Å². The van der Waals surface area contributed by atoms with Crippen LogP contribution in [0.3, 0.4) is 0 Å². The summed E-state index contributed by atoms with van der Waals surface area (Å²) in [6.45, 7) is 5.43. The van der Waals surface area contributed by atoms with E-state index in [-0.39, 0.29) is 5.56 Å². The standard InChI is InChI=1S/C4H9ClOSi/c1-3(2)4(5)6-7/h4H,1H2,2,7H3. The van der Waals surface area contributed by atoms with Gasteiger partial charge in [-0.05, 0) is 12.5 Å². The highest BCUT2D eigenvalue weighted by Crippen LogP contribution is 2.04. The minimum absolute atomic E-state index is 0.258. The third-order valence-electron chi connectivity index (χ3n) is 0.594. The van der Waals surface area contributed by atoms with Gasteiger partial charge in [-0.3, -0.25) is 0 Å². The van der Waals surface area contributed by atoms with Crippen LogP contribution in [-0.4, -0.2) is 16.0 Å². The number of halogens is 1. The molecule has 1 atom stereocenters. The van der Waals surface area contributed by atoms with Gasteiger partial charge in [0.2, 0.25) is 0 Å². The lowest BCUT2D eigenvalue weighted by atomic mass is 10.4. The first-order valence-electron chi connectivity index (χ1n) is 2.00. The maximum atomic E-state index is 5.51. The molecule has 0 fully saturated rings. The molecule has 0 N–H and O–H groups in total. The molecule has 7 heavy (non-hydrogen) atoms. The maximum Gasteiger partial charge on any atom is 0.148 e. The summed E-state index contributed by atoms with van der Waals surface area (Å²) in [5, 5.41) is 0. The Hall–Kier alpha value is 0.207. The lowest BCUT2D eigenvalue weighted by Gasteiger charge is -2.03. The fourth-order valence-corrected chi connectivity index (χ4v) is 0.604. The largest absolute Gasteiger partial charge is 0.409 e. The van der Waals surface area contributed by atoms with Gasteiger partial charge in [0, 0.05) is 0 Å². The zero-order valence-corrected chi connectivity index (χ0v) is 7.33. The summed E-state index contributed by atoms with van der Waals surface area (Å²) in [5.41, 5.74) is 0.614. The van der Waals surface area contributed by atoms with Crippen LogP contribution >= 0.6 is 11.6 Å². The highest BCUT2D eigenvalue weighted by molar-refractivity contribution is 6.22. The van der Waals surface area contributed by atoms with E-state index in [0.717, 1.165) is 5.57 Å². The minimum atomic E-state index is -0.258. The Labute approximate surface area is 51.9 Å². The van der Waals surface area contributed by atoms with Gasteiger partial charge in [0.15, 0.2) is 0 Å². The van der Waals surface area contributed by atoms with E-state index in [9.17, 15) is 0 Å². The summed E-state index contributed by atoms with van der Waals surface area (Å²) in [5.74, 6) is 0. The topological polar surface area (TPSA) is 9.23 Å². The van der Waals surface area contributed by atoms with Crippen molar-refractivity contribution < 1.29 is 4.43 Å². The Balaban J connectivity index is 3.34. The molecule has 0 aliphatic rings. The Bertz CT molecular complexity index is 74.1. The second kappa shape index (κ2) is 3.24. The fraction of sp³-hybridized carbons (Fsp3) is 0.500. The SMILES string of the molecule is C=C(C)C(Cl)O[SiH3]. The van der Waals surface area contributed by atoms with Crippen molar-refractivity contribution in [3.63, 3.8) is 0 Å². The Morgan fingerprint density at radius 2 is 2.43 bits per heavy atom. The predicted octanol–water partition coefficient (Wildman–Crippen LogP) is 0.424. The third-order valence-corrected chi connectivity index (χ3v) is 1.92. The van der Waals surface area contributed by atoms with Gasteiger partial charge in [-0.15, -0.1) is 0 Å². The molecule has 3 heteroatoms. The van der Waals surface area contributed by atoms with Crippen LogP contribution in [0.5, 0.6) is 0 Å². The molecule has 0 aliphatic carbocycles. The van der Waals surface area contributed by atoms with E-state index >= 15 is 0 Å². The van der Waals surface area contributed by atoms with Gasteiger partial charge in [0.1, 0.15) is 16.0 Å². The number of rotatable bonds is 2. The predicted molar refractivity (Wildman–Crippen MR) is 35.5 cm³/mol. The lowest BCUT2D eigenvalue weighted by Crippen LogP contribution is -2.01. The molecule has 42 valence electrons. The van der Waals surface area contributed by atoms with Crippen molar-refractivity contribution in [2.24, 2.45) is 0 Å². The van der Waals surface area contributed by atoms with Gasteiger partial charge in [0.05, 0.1) is 0 Å². The summed E-state index contributed by atoms with van der Waals surface area (Å²) in [7, 11) is 0.678. The molecule has 0 heterocycles. The third kappa shape index (κ3) is 2.85. The molecule has 0 aromatic carbocycles. The van der Waals surface area contributed by atoms with Gasteiger partial charge >= 0.3 is 0 Å². The van der Waals surface area contributed by atoms with Crippen molar-refractivity contribution in [1.29, 1.82) is 0 Å². The molecule has 0 aliphatic heterocycles. The van der Waals surface area contributed by atoms with E-state index in [1.807, 2.05) is 6.92 Å². The maximum absolute atomic E-state index is 5.51. The second-order valence-electron chi connectivity index (χ2n) is 1.40. The van der Waals surface area contributed by atoms with Crippen LogP contribution in [0.15, 0.2) is 12.2 Å². The Morgan fingerprint density at radius 1 is 2.00 bits per heavy atom. The molecular formula is C4H9ClOSi. The molecule has 0 radical (unpaired) electrons. The van der Waals surface area contributed by atoms with E-state index < -0.39 is 0 Å². The molecule has 0 spiro atoms. The van der Waals surface area contributed by atoms with Crippen LogP contribution in [0.25, 0.3) is 0 Å². The molecule has 1 nitrogen and oxygen atoms in total. The lowest BCUT2D eigenvalue weighted by molar-refractivity contribution is 0.348. The number of hydrogen-bond donors (Lipinski definition) is 0. The van der Waals surface area contributed by atoms with Gasteiger partial charge in [-0.1, -0.05) is 18.2 Å².